The Labute approximate surface area is 189 Å². The van der Waals surface area contributed by atoms with E-state index in [2.05, 4.69) is 9.97 Å². The normalized spacial score (nSPS) is 18.7. The van der Waals surface area contributed by atoms with Gasteiger partial charge in [0.1, 0.15) is 17.4 Å². The first kappa shape index (κ1) is 22.4. The fraction of sp³-hybridized carbons (Fsp3) is 0.500. The number of nitriles is 1. The van der Waals surface area contributed by atoms with Gasteiger partial charge in [0.25, 0.3) is 5.56 Å². The highest BCUT2D eigenvalue weighted by Gasteiger charge is 2.32. The van der Waals surface area contributed by atoms with E-state index in [4.69, 9.17) is 4.74 Å². The third-order valence-electron chi connectivity index (χ3n) is 5.56. The zero-order valence-electron chi connectivity index (χ0n) is 18.2. The molecule has 2 aliphatic heterocycles. The lowest BCUT2D eigenvalue weighted by atomic mass is 9.90. The molecule has 0 aliphatic carbocycles. The molecule has 2 aliphatic rings. The van der Waals surface area contributed by atoms with Gasteiger partial charge in [-0.2, -0.15) is 5.26 Å². The number of carbonyl (C=O) groups is 1. The zero-order chi connectivity index (χ0) is 23.0. The lowest BCUT2D eigenvalue weighted by molar-refractivity contribution is -0.139. The second-order valence-corrected chi connectivity index (χ2v) is 9.88. The van der Waals surface area contributed by atoms with Crippen molar-refractivity contribution < 1.29 is 13.9 Å². The van der Waals surface area contributed by atoms with E-state index in [0.717, 1.165) is 0 Å². The molecule has 4 heterocycles. The van der Waals surface area contributed by atoms with Crippen LogP contribution >= 0.6 is 11.8 Å². The van der Waals surface area contributed by atoms with Crippen molar-refractivity contribution in [1.82, 2.24) is 19.4 Å². The van der Waals surface area contributed by atoms with Crippen molar-refractivity contribution >= 4 is 17.7 Å². The topological polar surface area (TPSA) is 101 Å². The summed E-state index contributed by atoms with van der Waals surface area (Å²) in [6.07, 6.45) is 1.45. The molecule has 32 heavy (non-hydrogen) atoms. The summed E-state index contributed by atoms with van der Waals surface area (Å²) in [7, 11) is 0. The van der Waals surface area contributed by atoms with Gasteiger partial charge in [0.05, 0.1) is 30.5 Å². The highest BCUT2D eigenvalue weighted by Crippen LogP contribution is 2.31. The number of pyridine rings is 1. The van der Waals surface area contributed by atoms with Crippen LogP contribution in [0.5, 0.6) is 0 Å². The Morgan fingerprint density at radius 2 is 2.06 bits per heavy atom. The van der Waals surface area contributed by atoms with Gasteiger partial charge in [-0.15, -0.1) is 0 Å². The number of nitrogens with zero attached hydrogens (tertiary/aromatic N) is 5. The van der Waals surface area contributed by atoms with Gasteiger partial charge in [-0.05, 0) is 6.07 Å². The van der Waals surface area contributed by atoms with Gasteiger partial charge < -0.3 is 9.64 Å². The molecule has 0 aromatic carbocycles. The minimum Gasteiger partial charge on any atom is -0.378 e. The van der Waals surface area contributed by atoms with Crippen molar-refractivity contribution in [3.63, 3.8) is 0 Å². The van der Waals surface area contributed by atoms with Gasteiger partial charge in [-0.1, -0.05) is 32.5 Å². The number of rotatable bonds is 2. The predicted molar refractivity (Wildman–Crippen MR) is 117 cm³/mol. The van der Waals surface area contributed by atoms with Gasteiger partial charge in [-0.25, -0.2) is 9.37 Å². The van der Waals surface area contributed by atoms with Gasteiger partial charge in [0.2, 0.25) is 5.91 Å². The van der Waals surface area contributed by atoms with Crippen LogP contribution in [0.25, 0.3) is 11.3 Å². The Morgan fingerprint density at radius 1 is 1.34 bits per heavy atom. The Balaban J connectivity index is 1.69. The Bertz CT molecular complexity index is 1160. The molecule has 0 radical (unpaired) electrons. The number of ether oxygens (including phenoxy) is 1. The second kappa shape index (κ2) is 8.64. The van der Waals surface area contributed by atoms with Crippen molar-refractivity contribution in [3.05, 3.63) is 39.7 Å². The van der Waals surface area contributed by atoms with E-state index in [1.54, 1.807) is 4.90 Å². The maximum absolute atomic E-state index is 14.7. The smallest absolute Gasteiger partial charge is 0.272 e. The first-order valence-electron chi connectivity index (χ1n) is 10.4. The van der Waals surface area contributed by atoms with E-state index in [-0.39, 0.29) is 35.2 Å². The number of aromatic nitrogens is 3. The summed E-state index contributed by atoms with van der Waals surface area (Å²) >= 11 is 1.29. The van der Waals surface area contributed by atoms with Crippen LogP contribution in [0.1, 0.15) is 32.0 Å². The summed E-state index contributed by atoms with van der Waals surface area (Å²) in [5.74, 6) is -0.441. The number of hydrogen-bond donors (Lipinski definition) is 0. The molecule has 4 rings (SSSR count). The molecule has 1 unspecified atom stereocenters. The van der Waals surface area contributed by atoms with E-state index >= 15 is 0 Å². The van der Waals surface area contributed by atoms with Gasteiger partial charge in [0.15, 0.2) is 5.16 Å². The maximum atomic E-state index is 14.7. The fourth-order valence-corrected chi connectivity index (χ4v) is 4.94. The Kier molecular flexibility index (Phi) is 6.05. The minimum atomic E-state index is -0.528. The molecule has 10 heteroatoms. The summed E-state index contributed by atoms with van der Waals surface area (Å²) in [6.45, 7) is 7.80. The van der Waals surface area contributed by atoms with Crippen LogP contribution in [0.2, 0.25) is 0 Å². The number of hydrogen-bond acceptors (Lipinski definition) is 7. The van der Waals surface area contributed by atoms with Crippen molar-refractivity contribution in [2.45, 2.75) is 37.9 Å². The average Bonchev–Trinajstić information content (AvgIpc) is 2.78. The lowest BCUT2D eigenvalue weighted by Gasteiger charge is -2.32. The van der Waals surface area contributed by atoms with E-state index in [9.17, 15) is 19.2 Å². The van der Waals surface area contributed by atoms with Crippen LogP contribution in [-0.2, 0) is 21.5 Å². The van der Waals surface area contributed by atoms with E-state index in [1.165, 1.54) is 28.6 Å². The van der Waals surface area contributed by atoms with Crippen LogP contribution in [0, 0.1) is 23.1 Å². The summed E-state index contributed by atoms with van der Waals surface area (Å²) in [5.41, 5.74) is -0.506. The fourth-order valence-electron chi connectivity index (χ4n) is 3.87. The first-order valence-corrected chi connectivity index (χ1v) is 11.4. The molecule has 8 nitrogen and oxygen atoms in total. The second-order valence-electron chi connectivity index (χ2n) is 8.90. The molecular formula is C22H24FN5O3S. The Hall–Kier alpha value is -2.77. The highest BCUT2D eigenvalue weighted by atomic mass is 32.2. The third kappa shape index (κ3) is 4.14. The number of morpholine rings is 1. The van der Waals surface area contributed by atoms with Crippen molar-refractivity contribution in [1.29, 1.82) is 5.26 Å². The maximum Gasteiger partial charge on any atom is 0.272 e. The van der Waals surface area contributed by atoms with Crippen LogP contribution in [0.3, 0.4) is 0 Å². The Morgan fingerprint density at radius 3 is 2.69 bits per heavy atom. The standard InChI is InChI=1S/C22H24FN5O3S/c1-22(2,3)18-16(23)8-13(10-25-18)17-15(9-24)20(30)28-11-14(12-32-21(28)26-17)19(29)27-4-6-31-7-5-27/h8,10,14H,4-7,11-12H2,1-3H3. The minimum absolute atomic E-state index is 0.0232. The molecule has 1 atom stereocenters. The van der Waals surface area contributed by atoms with E-state index in [0.29, 0.717) is 42.9 Å². The van der Waals surface area contributed by atoms with Crippen LogP contribution in [-0.4, -0.2) is 57.4 Å². The van der Waals surface area contributed by atoms with Gasteiger partial charge in [-0.3, -0.25) is 19.1 Å². The van der Waals surface area contributed by atoms with E-state index in [1.807, 2.05) is 26.8 Å². The van der Waals surface area contributed by atoms with E-state index < -0.39 is 16.8 Å². The van der Waals surface area contributed by atoms with Crippen LogP contribution in [0.4, 0.5) is 4.39 Å². The van der Waals surface area contributed by atoms with Crippen LogP contribution < -0.4 is 5.56 Å². The first-order chi connectivity index (χ1) is 15.2. The largest absolute Gasteiger partial charge is 0.378 e. The molecule has 168 valence electrons. The highest BCUT2D eigenvalue weighted by molar-refractivity contribution is 7.99. The van der Waals surface area contributed by atoms with Crippen molar-refractivity contribution in [2.75, 3.05) is 32.1 Å². The molecule has 2 aromatic rings. The molecule has 2 aromatic heterocycles. The SMILES string of the molecule is CC(C)(C)c1ncc(-c2nc3n(c(=O)c2C#N)CC(C(=O)N2CCOCC2)CS3)cc1F. The molecule has 1 amide bonds. The number of amides is 1. The lowest BCUT2D eigenvalue weighted by Crippen LogP contribution is -2.47. The number of fused-ring (bicyclic) bond motifs is 1. The summed E-state index contributed by atoms with van der Waals surface area (Å²) in [6, 6.07) is 3.19. The van der Waals surface area contributed by atoms with Gasteiger partial charge >= 0.3 is 0 Å². The average molecular weight is 458 g/mol. The number of halogens is 1. The molecule has 0 N–H and O–H groups in total. The van der Waals surface area contributed by atoms with Gasteiger partial charge in [0, 0.05) is 42.6 Å². The third-order valence-corrected chi connectivity index (χ3v) is 6.70. The molecular weight excluding hydrogens is 433 g/mol. The van der Waals surface area contributed by atoms with Crippen molar-refractivity contribution in [3.8, 4) is 17.3 Å². The molecule has 1 saturated heterocycles. The van der Waals surface area contributed by atoms with Crippen LogP contribution in [0.15, 0.2) is 22.2 Å². The summed E-state index contributed by atoms with van der Waals surface area (Å²) < 4.78 is 21.4. The summed E-state index contributed by atoms with van der Waals surface area (Å²) in [5, 5.41) is 10.1. The molecule has 1 fully saturated rings. The van der Waals surface area contributed by atoms with Crippen molar-refractivity contribution in [2.24, 2.45) is 5.92 Å². The summed E-state index contributed by atoms with van der Waals surface area (Å²) in [4.78, 5) is 36.5. The molecule has 0 bridgehead atoms. The molecule has 0 saturated carbocycles. The zero-order valence-corrected chi connectivity index (χ0v) is 19.0. The monoisotopic (exact) mass is 457 g/mol. The number of thioether (sulfide) groups is 1. The quantitative estimate of drug-likeness (QED) is 0.637. The number of carbonyl (C=O) groups excluding carboxylic acids is 1. The molecule has 0 spiro atoms. The predicted octanol–water partition coefficient (Wildman–Crippen LogP) is 2.19.